The molecule has 4 aliphatic heterocycles. The number of imide groups is 3. The molecule has 0 saturated carbocycles. The highest BCUT2D eigenvalue weighted by Crippen LogP contribution is 2.37. The molecule has 6 amide bonds. The number of hydrogen-bond acceptors (Lipinski definition) is 13. The summed E-state index contributed by atoms with van der Waals surface area (Å²) in [5.74, 6) is -2.62. The fraction of sp³-hybridized carbons (Fsp3) is 0.273. The maximum absolute atomic E-state index is 13.5. The minimum Gasteiger partial charge on any atom is -0.384 e. The van der Waals surface area contributed by atoms with Crippen molar-refractivity contribution in [2.24, 2.45) is 0 Å². The Morgan fingerprint density at radius 1 is 0.758 bits per heavy atom. The van der Waals surface area contributed by atoms with Crippen molar-refractivity contribution in [2.45, 2.75) is 38.3 Å². The summed E-state index contributed by atoms with van der Waals surface area (Å²) in [6.45, 7) is 4.87. The third kappa shape index (κ3) is 6.92. The molecule has 312 valence electrons. The summed E-state index contributed by atoms with van der Waals surface area (Å²) in [5, 5.41) is 18.2. The Morgan fingerprint density at radius 3 is 2.39 bits per heavy atom. The van der Waals surface area contributed by atoms with Crippen LogP contribution in [0.1, 0.15) is 56.9 Å². The first-order valence-electron chi connectivity index (χ1n) is 20.6. The lowest BCUT2D eigenvalue weighted by Gasteiger charge is -2.35. The molecule has 7 heterocycles. The first kappa shape index (κ1) is 38.6. The van der Waals surface area contributed by atoms with Crippen molar-refractivity contribution in [3.63, 3.8) is 0 Å². The molecule has 0 radical (unpaired) electrons. The molecule has 3 aromatic carbocycles. The van der Waals surface area contributed by atoms with Crippen molar-refractivity contribution < 1.29 is 28.8 Å². The van der Waals surface area contributed by atoms with Crippen molar-refractivity contribution in [1.29, 1.82) is 0 Å². The molecular weight excluding hydrogens is 793 g/mol. The smallest absolute Gasteiger partial charge is 0.264 e. The van der Waals surface area contributed by atoms with E-state index in [4.69, 9.17) is 9.97 Å². The maximum Gasteiger partial charge on any atom is 0.264 e. The molecule has 0 spiro atoms. The van der Waals surface area contributed by atoms with Gasteiger partial charge in [-0.1, -0.05) is 47.7 Å². The van der Waals surface area contributed by atoms with Crippen LogP contribution in [0.3, 0.4) is 0 Å². The number of hydrogen-bond donors (Lipinski definition) is 4. The fourth-order valence-electron chi connectivity index (χ4n) is 8.79. The zero-order valence-corrected chi connectivity index (χ0v) is 33.4. The quantitative estimate of drug-likeness (QED) is 0.131. The minimum absolute atomic E-state index is 0.0559. The Balaban J connectivity index is 0.747. The summed E-state index contributed by atoms with van der Waals surface area (Å²) in [6, 6.07) is 19.2. The molecule has 0 aliphatic carbocycles. The number of para-hydroxylation sites is 2. The summed E-state index contributed by atoms with van der Waals surface area (Å²) >= 11 is 0. The molecule has 2 saturated heterocycles. The fourth-order valence-corrected chi connectivity index (χ4v) is 8.79. The molecule has 0 bridgehead atoms. The molecular formula is C44H40N12O6. The number of piperazine rings is 1. The number of aromatic nitrogens is 6. The molecule has 18 heteroatoms. The van der Waals surface area contributed by atoms with Gasteiger partial charge in [0.2, 0.25) is 17.8 Å². The molecule has 2 fully saturated rings. The molecule has 6 aromatic rings. The van der Waals surface area contributed by atoms with Gasteiger partial charge in [0.1, 0.15) is 6.04 Å². The van der Waals surface area contributed by atoms with E-state index >= 15 is 0 Å². The van der Waals surface area contributed by atoms with Gasteiger partial charge in [-0.05, 0) is 37.1 Å². The van der Waals surface area contributed by atoms with Gasteiger partial charge in [-0.15, -0.1) is 5.10 Å². The molecule has 4 N–H and O–H groups in total. The summed E-state index contributed by atoms with van der Waals surface area (Å²) in [6.07, 6.45) is 5.18. The van der Waals surface area contributed by atoms with Crippen LogP contribution in [0.15, 0.2) is 79.1 Å². The van der Waals surface area contributed by atoms with Crippen molar-refractivity contribution in [3.05, 3.63) is 107 Å². The average Bonchev–Trinajstić information content (AvgIpc) is 4.04. The van der Waals surface area contributed by atoms with Gasteiger partial charge in [0.25, 0.3) is 23.6 Å². The summed E-state index contributed by atoms with van der Waals surface area (Å²) in [7, 11) is 0. The number of aromatic amines is 1. The molecule has 1 atom stereocenters. The molecule has 1 unspecified atom stereocenters. The van der Waals surface area contributed by atoms with Crippen LogP contribution in [0.4, 0.5) is 11.6 Å². The topological polar surface area (TPSA) is 221 Å². The van der Waals surface area contributed by atoms with Gasteiger partial charge in [-0.2, -0.15) is 0 Å². The van der Waals surface area contributed by atoms with Crippen LogP contribution in [0, 0.1) is 0 Å². The van der Waals surface area contributed by atoms with E-state index in [1.165, 1.54) is 0 Å². The molecule has 3 aromatic heterocycles. The number of benzene rings is 3. The number of fused-ring (bicyclic) bond motifs is 3. The molecule has 4 aliphatic rings. The first-order chi connectivity index (χ1) is 30.2. The number of amides is 6. The van der Waals surface area contributed by atoms with Crippen LogP contribution >= 0.6 is 0 Å². The van der Waals surface area contributed by atoms with Gasteiger partial charge >= 0.3 is 0 Å². The van der Waals surface area contributed by atoms with Gasteiger partial charge < -0.3 is 15.2 Å². The SMILES string of the molecule is O=C1CCC(N2C(=O)c3cccc(NCCc4cn(CCCN5CCN(c6nc(C7=C(c8c[nH]c9ccccc89)C(=O)NC7=O)c7ccccc7n6)CC5)nn4)c3C2=O)C(=O)N1. The number of rotatable bonds is 12. The van der Waals surface area contributed by atoms with E-state index in [9.17, 15) is 28.8 Å². The second-order valence-electron chi connectivity index (χ2n) is 15.7. The van der Waals surface area contributed by atoms with E-state index in [0.717, 1.165) is 47.6 Å². The zero-order chi connectivity index (χ0) is 42.5. The van der Waals surface area contributed by atoms with E-state index in [0.29, 0.717) is 66.4 Å². The van der Waals surface area contributed by atoms with Crippen LogP contribution < -0.4 is 20.9 Å². The number of aryl methyl sites for hydroxylation is 1. The lowest BCUT2D eigenvalue weighted by Crippen LogP contribution is -2.54. The number of H-pyrrole nitrogens is 1. The summed E-state index contributed by atoms with van der Waals surface area (Å²) in [5.41, 5.74) is 4.82. The second-order valence-corrected chi connectivity index (χ2v) is 15.7. The normalized spacial score (nSPS) is 18.4. The van der Waals surface area contributed by atoms with Crippen LogP contribution in [-0.2, 0) is 32.1 Å². The largest absolute Gasteiger partial charge is 0.384 e. The predicted octanol–water partition coefficient (Wildman–Crippen LogP) is 2.54. The van der Waals surface area contributed by atoms with Gasteiger partial charge in [0.15, 0.2) is 0 Å². The van der Waals surface area contributed by atoms with Crippen molar-refractivity contribution >= 4 is 80.0 Å². The standard InChI is InChI=1S/C44H40N12O6/c57-34-14-13-33(39(58)48-34)56-42(61)28-9-5-12-32(35(28)43(56)62)45-16-15-25-24-55(52-51-25)18-6-17-53-19-21-54(22-20-53)44-47-31-11-4-2-8-27(31)38(49-44)37-36(40(59)50-41(37)60)29-23-46-30-10-3-1-7-26(29)30/h1-5,7-12,23-24,33,45-46H,6,13-22H2,(H,48,57,58)(H,50,59,60). The van der Waals surface area contributed by atoms with Crippen molar-refractivity contribution in [3.8, 4) is 0 Å². The van der Waals surface area contributed by atoms with Gasteiger partial charge in [-0.3, -0.25) is 53.9 Å². The van der Waals surface area contributed by atoms with E-state index < -0.39 is 41.5 Å². The van der Waals surface area contributed by atoms with E-state index in [-0.39, 0.29) is 35.1 Å². The van der Waals surface area contributed by atoms with Gasteiger partial charge in [0, 0.05) is 98.6 Å². The Bertz CT molecular complexity index is 2890. The number of carbonyl (C=O) groups is 6. The number of nitrogens with zero attached hydrogens (tertiary/aromatic N) is 8. The Hall–Kier alpha value is -7.60. The third-order valence-electron chi connectivity index (χ3n) is 11.9. The highest BCUT2D eigenvalue weighted by molar-refractivity contribution is 6.50. The van der Waals surface area contributed by atoms with Crippen LogP contribution in [0.5, 0.6) is 0 Å². The van der Waals surface area contributed by atoms with Crippen LogP contribution in [0.25, 0.3) is 33.0 Å². The Kier molecular flexibility index (Phi) is 9.82. The van der Waals surface area contributed by atoms with E-state index in [1.807, 2.05) is 59.4 Å². The lowest BCUT2D eigenvalue weighted by atomic mass is 9.97. The zero-order valence-electron chi connectivity index (χ0n) is 33.4. The molecule has 10 rings (SSSR count). The number of carbonyl (C=O) groups excluding carboxylic acids is 6. The number of nitrogens with one attached hydrogen (secondary N) is 4. The van der Waals surface area contributed by atoms with Crippen LogP contribution in [0.2, 0.25) is 0 Å². The summed E-state index contributed by atoms with van der Waals surface area (Å²) < 4.78 is 1.82. The van der Waals surface area contributed by atoms with Crippen LogP contribution in [-0.4, -0.2) is 120 Å². The van der Waals surface area contributed by atoms with Gasteiger partial charge in [-0.25, -0.2) is 9.97 Å². The first-order valence-corrected chi connectivity index (χ1v) is 20.6. The number of anilines is 2. The van der Waals surface area contributed by atoms with E-state index in [1.54, 1.807) is 24.4 Å². The molecule has 62 heavy (non-hydrogen) atoms. The average molecular weight is 833 g/mol. The monoisotopic (exact) mass is 832 g/mol. The molecule has 18 nitrogen and oxygen atoms in total. The maximum atomic E-state index is 13.5. The predicted molar refractivity (Wildman–Crippen MR) is 226 cm³/mol. The van der Waals surface area contributed by atoms with E-state index in [2.05, 4.69) is 41.0 Å². The number of piperidine rings is 1. The van der Waals surface area contributed by atoms with Crippen molar-refractivity contribution in [1.82, 2.24) is 50.4 Å². The Morgan fingerprint density at radius 2 is 1.55 bits per heavy atom. The highest BCUT2D eigenvalue weighted by atomic mass is 16.2. The lowest BCUT2D eigenvalue weighted by molar-refractivity contribution is -0.136. The van der Waals surface area contributed by atoms with Crippen molar-refractivity contribution in [2.75, 3.05) is 49.5 Å². The Labute approximate surface area is 353 Å². The third-order valence-corrected chi connectivity index (χ3v) is 11.9. The van der Waals surface area contributed by atoms with Gasteiger partial charge in [0.05, 0.1) is 39.2 Å². The summed E-state index contributed by atoms with van der Waals surface area (Å²) in [4.78, 5) is 96.1. The second kappa shape index (κ2) is 15.8. The highest BCUT2D eigenvalue weighted by Gasteiger charge is 2.45. The minimum atomic E-state index is -1.03.